The fourth-order valence-corrected chi connectivity index (χ4v) is 3.38. The Balaban J connectivity index is 1.90. The highest BCUT2D eigenvalue weighted by Gasteiger charge is 2.35. The molecule has 0 radical (unpaired) electrons. The van der Waals surface area contributed by atoms with Crippen LogP contribution in [0.4, 0.5) is 24.7 Å². The van der Waals surface area contributed by atoms with Gasteiger partial charge >= 0.3 is 6.18 Å². The number of hydrogen-bond acceptors (Lipinski definition) is 5. The predicted octanol–water partition coefficient (Wildman–Crippen LogP) is 3.13. The minimum Gasteiger partial charge on any atom is -0.326 e. The summed E-state index contributed by atoms with van der Waals surface area (Å²) in [7, 11) is 0. The van der Waals surface area contributed by atoms with Crippen LogP contribution in [-0.2, 0) is 15.8 Å². The van der Waals surface area contributed by atoms with E-state index in [1.54, 1.807) is 6.08 Å². The lowest BCUT2D eigenvalue weighted by Crippen LogP contribution is -2.36. The number of fused-ring (bicyclic) bond motifs is 1. The van der Waals surface area contributed by atoms with E-state index in [0.29, 0.717) is 5.75 Å². The Kier molecular flexibility index (Phi) is 5.78. The van der Waals surface area contributed by atoms with E-state index in [2.05, 4.69) is 27.2 Å². The smallest absolute Gasteiger partial charge is 0.326 e. The van der Waals surface area contributed by atoms with Gasteiger partial charge in [-0.2, -0.15) is 13.2 Å². The van der Waals surface area contributed by atoms with Gasteiger partial charge in [0.15, 0.2) is 5.16 Å². The molecule has 7 nitrogen and oxygen atoms in total. The molecule has 3 rings (SSSR count). The topological polar surface area (TPSA) is 104 Å². The number of benzene rings is 1. The molecule has 0 spiro atoms. The lowest BCUT2D eigenvalue weighted by molar-refractivity contribution is -0.137. The maximum atomic E-state index is 12.9. The minimum atomic E-state index is -4.57. The Hall–Kier alpha value is -3.08. The number of nitrogens with one attached hydrogen (secondary N) is 3. The molecule has 1 aliphatic rings. The minimum absolute atomic E-state index is 0.0410. The van der Waals surface area contributed by atoms with Gasteiger partial charge in [-0.05, 0) is 18.2 Å². The molecule has 1 aliphatic heterocycles. The van der Waals surface area contributed by atoms with Crippen LogP contribution in [0.3, 0.4) is 0 Å². The van der Waals surface area contributed by atoms with Crippen molar-refractivity contribution in [1.29, 1.82) is 0 Å². The van der Waals surface area contributed by atoms with Gasteiger partial charge < -0.3 is 15.6 Å². The zero-order valence-electron chi connectivity index (χ0n) is 14.8. The summed E-state index contributed by atoms with van der Waals surface area (Å²) in [5, 5.41) is 5.04. The summed E-state index contributed by atoms with van der Waals surface area (Å²) in [6.45, 7) is 3.56. The van der Waals surface area contributed by atoms with Gasteiger partial charge in [-0.15, -0.1) is 6.58 Å². The molecule has 3 N–H and O–H groups in total. The van der Waals surface area contributed by atoms with Gasteiger partial charge in [0.2, 0.25) is 11.8 Å². The zero-order valence-corrected chi connectivity index (χ0v) is 15.6. The number of alkyl halides is 3. The number of amides is 2. The quantitative estimate of drug-likeness (QED) is 0.389. The molecular weight excluding hydrogens is 409 g/mol. The summed E-state index contributed by atoms with van der Waals surface area (Å²) in [5.41, 5.74) is -1.68. The number of nitrogens with zero attached hydrogens (tertiary/aromatic N) is 1. The molecular formula is C18H15F3N4O3S. The molecule has 11 heteroatoms. The summed E-state index contributed by atoms with van der Waals surface area (Å²) in [6, 6.07) is 4.08. The maximum Gasteiger partial charge on any atom is 0.416 e. The largest absolute Gasteiger partial charge is 0.416 e. The molecule has 0 aliphatic carbocycles. The van der Waals surface area contributed by atoms with Gasteiger partial charge in [0.05, 0.1) is 17.0 Å². The summed E-state index contributed by atoms with van der Waals surface area (Å²) < 4.78 is 38.6. The standard InChI is InChI=1S/C18H15F3N4O3S/c1-2-6-29-17-24-14-13(16(28)25-17)11(8-12(26)23-14)15(27)22-10-5-3-4-9(7-10)18(19,20)21/h2-5,7,11H,1,6,8H2,(H,22,27)(H2,23,24,25,26,28)/t11-/m0/s1. The van der Waals surface area contributed by atoms with Crippen LogP contribution in [0, 0.1) is 0 Å². The normalized spacial score (nSPS) is 16.0. The molecule has 2 aromatic rings. The summed E-state index contributed by atoms with van der Waals surface area (Å²) >= 11 is 1.18. The fourth-order valence-electron chi connectivity index (χ4n) is 2.78. The van der Waals surface area contributed by atoms with Crippen LogP contribution in [0.5, 0.6) is 0 Å². The highest BCUT2D eigenvalue weighted by Crippen LogP contribution is 2.33. The first-order valence-electron chi connectivity index (χ1n) is 8.35. The van der Waals surface area contributed by atoms with E-state index in [9.17, 15) is 27.6 Å². The molecule has 152 valence electrons. The molecule has 0 saturated carbocycles. The number of aromatic nitrogens is 2. The van der Waals surface area contributed by atoms with Gasteiger partial charge in [0.25, 0.3) is 5.56 Å². The fraction of sp³-hybridized carbons (Fsp3) is 0.222. The van der Waals surface area contributed by atoms with Gasteiger partial charge in [-0.25, -0.2) is 4.98 Å². The molecule has 1 aromatic heterocycles. The number of halogens is 3. The number of anilines is 2. The van der Waals surface area contributed by atoms with Gasteiger partial charge in [-0.1, -0.05) is 23.9 Å². The maximum absolute atomic E-state index is 12.9. The number of carbonyl (C=O) groups is 2. The predicted molar refractivity (Wildman–Crippen MR) is 102 cm³/mol. The Morgan fingerprint density at radius 1 is 1.38 bits per heavy atom. The molecule has 0 fully saturated rings. The zero-order chi connectivity index (χ0) is 21.2. The first kappa shape index (κ1) is 20.6. The average Bonchev–Trinajstić information content (AvgIpc) is 2.64. The third-order valence-electron chi connectivity index (χ3n) is 4.04. The Morgan fingerprint density at radius 3 is 2.83 bits per heavy atom. The van der Waals surface area contributed by atoms with Crippen LogP contribution in [0.2, 0.25) is 0 Å². The van der Waals surface area contributed by atoms with E-state index in [1.165, 1.54) is 17.8 Å². The van der Waals surface area contributed by atoms with E-state index in [4.69, 9.17) is 0 Å². The lowest BCUT2D eigenvalue weighted by Gasteiger charge is -2.23. The number of rotatable bonds is 5. The van der Waals surface area contributed by atoms with E-state index in [0.717, 1.165) is 18.2 Å². The highest BCUT2D eigenvalue weighted by molar-refractivity contribution is 7.99. The summed E-state index contributed by atoms with van der Waals surface area (Å²) in [4.78, 5) is 43.8. The highest BCUT2D eigenvalue weighted by atomic mass is 32.2. The molecule has 1 atom stereocenters. The van der Waals surface area contributed by atoms with Crippen LogP contribution in [0.25, 0.3) is 0 Å². The van der Waals surface area contributed by atoms with Crippen molar-refractivity contribution in [3.63, 3.8) is 0 Å². The van der Waals surface area contributed by atoms with Crippen molar-refractivity contribution in [3.8, 4) is 0 Å². The Labute approximate surface area is 166 Å². The second kappa shape index (κ2) is 8.11. The summed E-state index contributed by atoms with van der Waals surface area (Å²) in [6.07, 6.45) is -3.30. The lowest BCUT2D eigenvalue weighted by atomic mass is 9.92. The first-order valence-corrected chi connectivity index (χ1v) is 9.33. The Morgan fingerprint density at radius 2 is 2.14 bits per heavy atom. The second-order valence-corrected chi connectivity index (χ2v) is 7.11. The molecule has 1 aromatic carbocycles. The molecule has 29 heavy (non-hydrogen) atoms. The second-order valence-electron chi connectivity index (χ2n) is 6.11. The third kappa shape index (κ3) is 4.67. The van der Waals surface area contributed by atoms with Crippen LogP contribution < -0.4 is 16.2 Å². The molecule has 2 amide bonds. The third-order valence-corrected chi connectivity index (χ3v) is 4.91. The van der Waals surface area contributed by atoms with Gasteiger partial charge in [0, 0.05) is 17.9 Å². The van der Waals surface area contributed by atoms with E-state index in [1.807, 2.05) is 0 Å². The van der Waals surface area contributed by atoms with Crippen molar-refractivity contribution in [2.24, 2.45) is 0 Å². The van der Waals surface area contributed by atoms with Crippen molar-refractivity contribution < 1.29 is 22.8 Å². The number of thioether (sulfide) groups is 1. The summed E-state index contributed by atoms with van der Waals surface area (Å²) in [5.74, 6) is -2.07. The number of hydrogen-bond donors (Lipinski definition) is 3. The van der Waals surface area contributed by atoms with Crippen LogP contribution in [0.15, 0.2) is 46.9 Å². The van der Waals surface area contributed by atoms with Gasteiger partial charge in [-0.3, -0.25) is 14.4 Å². The molecule has 0 unspecified atom stereocenters. The number of H-pyrrole nitrogens is 1. The van der Waals surface area contributed by atoms with E-state index in [-0.39, 0.29) is 28.6 Å². The monoisotopic (exact) mass is 424 g/mol. The van der Waals surface area contributed by atoms with Crippen molar-refractivity contribution in [2.75, 3.05) is 16.4 Å². The van der Waals surface area contributed by atoms with Crippen LogP contribution in [0.1, 0.15) is 23.5 Å². The van der Waals surface area contributed by atoms with E-state index < -0.39 is 35.0 Å². The van der Waals surface area contributed by atoms with Crippen molar-refractivity contribution in [2.45, 2.75) is 23.7 Å². The van der Waals surface area contributed by atoms with Gasteiger partial charge in [0.1, 0.15) is 5.82 Å². The van der Waals surface area contributed by atoms with Crippen LogP contribution >= 0.6 is 11.8 Å². The van der Waals surface area contributed by atoms with Crippen molar-refractivity contribution in [3.05, 3.63) is 58.4 Å². The van der Waals surface area contributed by atoms with Crippen molar-refractivity contribution in [1.82, 2.24) is 9.97 Å². The molecule has 2 heterocycles. The SMILES string of the molecule is C=CCSc1nc2c(c(=O)[nH]1)[C@@H](C(=O)Nc1cccc(C(F)(F)F)c1)CC(=O)N2. The first-order chi connectivity index (χ1) is 13.7. The molecule has 0 saturated heterocycles. The molecule has 0 bridgehead atoms. The van der Waals surface area contributed by atoms with E-state index >= 15 is 0 Å². The average molecular weight is 424 g/mol. The van der Waals surface area contributed by atoms with Crippen molar-refractivity contribution >= 4 is 35.1 Å². The van der Waals surface area contributed by atoms with Crippen LogP contribution in [-0.4, -0.2) is 27.5 Å². The number of aromatic amines is 1. The Bertz CT molecular complexity index is 1040. The number of carbonyl (C=O) groups excluding carboxylic acids is 2.